The smallest absolute Gasteiger partial charge is 0.321 e. The Kier molecular flexibility index (Phi) is 6.08. The molecule has 1 aliphatic rings. The molecule has 2 aromatic carbocycles. The maximum Gasteiger partial charge on any atom is 0.321 e. The molecule has 6 heteroatoms. The Morgan fingerprint density at radius 3 is 2.26 bits per heavy atom. The molecule has 0 saturated carbocycles. The Balaban J connectivity index is 1.51. The minimum atomic E-state index is -0.136. The molecule has 0 atom stereocenters. The van der Waals surface area contributed by atoms with Crippen molar-refractivity contribution in [1.29, 1.82) is 0 Å². The van der Waals surface area contributed by atoms with Gasteiger partial charge in [0.05, 0.1) is 0 Å². The molecule has 6 nitrogen and oxygen atoms in total. The zero-order chi connectivity index (χ0) is 19.2. The molecule has 1 fully saturated rings. The average molecular weight is 366 g/mol. The molecule has 0 bridgehead atoms. The molecule has 1 heterocycles. The van der Waals surface area contributed by atoms with Crippen LogP contribution in [0.3, 0.4) is 0 Å². The van der Waals surface area contributed by atoms with Crippen molar-refractivity contribution in [2.45, 2.75) is 20.4 Å². The molecule has 142 valence electrons. The molecular weight excluding hydrogens is 340 g/mol. The van der Waals surface area contributed by atoms with Gasteiger partial charge in [0.15, 0.2) is 0 Å². The molecule has 2 aromatic rings. The summed E-state index contributed by atoms with van der Waals surface area (Å²) in [6.07, 6.45) is 0. The summed E-state index contributed by atoms with van der Waals surface area (Å²) >= 11 is 0. The highest BCUT2D eigenvalue weighted by Crippen LogP contribution is 2.17. The fraction of sp³-hybridized carbons (Fsp3) is 0.333. The molecule has 27 heavy (non-hydrogen) atoms. The van der Waals surface area contributed by atoms with Crippen LogP contribution in [0.25, 0.3) is 0 Å². The summed E-state index contributed by atoms with van der Waals surface area (Å²) < 4.78 is 0. The van der Waals surface area contributed by atoms with E-state index in [1.807, 2.05) is 11.0 Å². The number of benzene rings is 2. The van der Waals surface area contributed by atoms with E-state index in [0.717, 1.165) is 19.6 Å². The van der Waals surface area contributed by atoms with Crippen LogP contribution in [0, 0.1) is 6.92 Å². The predicted molar refractivity (Wildman–Crippen MR) is 108 cm³/mol. The Bertz CT molecular complexity index is 813. The molecule has 0 radical (unpaired) electrons. The van der Waals surface area contributed by atoms with Gasteiger partial charge in [-0.05, 0) is 36.2 Å². The van der Waals surface area contributed by atoms with Crippen molar-refractivity contribution in [3.8, 4) is 0 Å². The summed E-state index contributed by atoms with van der Waals surface area (Å²) in [7, 11) is 0. The van der Waals surface area contributed by atoms with Gasteiger partial charge in [0.25, 0.3) is 0 Å². The number of aryl methyl sites for hydroxylation is 1. The fourth-order valence-corrected chi connectivity index (χ4v) is 3.22. The lowest BCUT2D eigenvalue weighted by molar-refractivity contribution is -0.114. The minimum absolute atomic E-state index is 0.106. The quantitative estimate of drug-likeness (QED) is 0.873. The van der Waals surface area contributed by atoms with Gasteiger partial charge in [-0.15, -0.1) is 0 Å². The summed E-state index contributed by atoms with van der Waals surface area (Å²) in [6.45, 7) is 7.62. The van der Waals surface area contributed by atoms with Crippen molar-refractivity contribution < 1.29 is 9.59 Å². The number of carbonyl (C=O) groups excluding carboxylic acids is 2. The number of rotatable bonds is 4. The van der Waals surface area contributed by atoms with Gasteiger partial charge in [-0.1, -0.05) is 30.3 Å². The Morgan fingerprint density at radius 1 is 0.926 bits per heavy atom. The second-order valence-electron chi connectivity index (χ2n) is 6.88. The predicted octanol–water partition coefficient (Wildman–Crippen LogP) is 3.30. The van der Waals surface area contributed by atoms with Crippen molar-refractivity contribution in [3.63, 3.8) is 0 Å². The number of amides is 3. The number of hydrogen-bond donors (Lipinski definition) is 2. The van der Waals surface area contributed by atoms with E-state index in [-0.39, 0.29) is 11.9 Å². The van der Waals surface area contributed by atoms with Gasteiger partial charge in [0.1, 0.15) is 0 Å². The third-order valence-corrected chi connectivity index (χ3v) is 4.75. The molecule has 3 amide bonds. The standard InChI is InChI=1S/C21H26N4O2/c1-16-6-3-4-7-18(16)15-24-10-12-25(13-11-24)21(27)23-20-9-5-8-19(14-20)22-17(2)26/h3-9,14H,10-13,15H2,1-2H3,(H,22,26)(H,23,27). The van der Waals surface area contributed by atoms with Crippen LogP contribution in [-0.2, 0) is 11.3 Å². The summed E-state index contributed by atoms with van der Waals surface area (Å²) in [4.78, 5) is 27.9. The largest absolute Gasteiger partial charge is 0.326 e. The zero-order valence-electron chi connectivity index (χ0n) is 15.9. The second kappa shape index (κ2) is 8.68. The maximum absolute atomic E-state index is 12.5. The number of carbonyl (C=O) groups is 2. The molecular formula is C21H26N4O2. The monoisotopic (exact) mass is 366 g/mol. The average Bonchev–Trinajstić information content (AvgIpc) is 2.64. The third-order valence-electron chi connectivity index (χ3n) is 4.75. The Hall–Kier alpha value is -2.86. The van der Waals surface area contributed by atoms with E-state index in [2.05, 4.69) is 46.7 Å². The molecule has 1 saturated heterocycles. The lowest BCUT2D eigenvalue weighted by atomic mass is 10.1. The Labute approximate surface area is 160 Å². The molecule has 0 unspecified atom stereocenters. The number of piperazine rings is 1. The van der Waals surface area contributed by atoms with E-state index < -0.39 is 0 Å². The highest BCUT2D eigenvalue weighted by atomic mass is 16.2. The summed E-state index contributed by atoms with van der Waals surface area (Å²) in [5, 5.41) is 5.64. The highest BCUT2D eigenvalue weighted by Gasteiger charge is 2.21. The second-order valence-corrected chi connectivity index (χ2v) is 6.88. The molecule has 0 aromatic heterocycles. The topological polar surface area (TPSA) is 64.7 Å². The van der Waals surface area contributed by atoms with E-state index in [1.165, 1.54) is 18.1 Å². The van der Waals surface area contributed by atoms with Crippen LogP contribution in [0.15, 0.2) is 48.5 Å². The number of nitrogens with zero attached hydrogens (tertiary/aromatic N) is 2. The van der Waals surface area contributed by atoms with Gasteiger partial charge in [-0.3, -0.25) is 9.69 Å². The number of hydrogen-bond acceptors (Lipinski definition) is 3. The molecule has 0 aliphatic carbocycles. The van der Waals surface area contributed by atoms with Crippen LogP contribution in [-0.4, -0.2) is 47.9 Å². The van der Waals surface area contributed by atoms with Crippen LogP contribution in [0.5, 0.6) is 0 Å². The normalized spacial score (nSPS) is 14.7. The third kappa shape index (κ3) is 5.31. The van der Waals surface area contributed by atoms with Gasteiger partial charge in [0.2, 0.25) is 5.91 Å². The van der Waals surface area contributed by atoms with E-state index in [4.69, 9.17) is 0 Å². The van der Waals surface area contributed by atoms with Crippen LogP contribution < -0.4 is 10.6 Å². The fourth-order valence-electron chi connectivity index (χ4n) is 3.22. The molecule has 1 aliphatic heterocycles. The Morgan fingerprint density at radius 2 is 1.59 bits per heavy atom. The van der Waals surface area contributed by atoms with E-state index in [0.29, 0.717) is 24.5 Å². The molecule has 2 N–H and O–H groups in total. The summed E-state index contributed by atoms with van der Waals surface area (Å²) in [6, 6.07) is 15.5. The van der Waals surface area contributed by atoms with Crippen LogP contribution >= 0.6 is 0 Å². The zero-order valence-corrected chi connectivity index (χ0v) is 15.9. The first-order valence-corrected chi connectivity index (χ1v) is 9.22. The SMILES string of the molecule is CC(=O)Nc1cccc(NC(=O)N2CCN(Cc3ccccc3C)CC2)c1. The first kappa shape index (κ1) is 18.9. The highest BCUT2D eigenvalue weighted by molar-refractivity contribution is 5.92. The number of urea groups is 1. The van der Waals surface area contributed by atoms with Crippen molar-refractivity contribution in [2.24, 2.45) is 0 Å². The van der Waals surface area contributed by atoms with Crippen molar-refractivity contribution in [3.05, 3.63) is 59.7 Å². The molecule has 0 spiro atoms. The molecule has 3 rings (SSSR count). The van der Waals surface area contributed by atoms with Gasteiger partial charge in [0, 0.05) is 51.0 Å². The van der Waals surface area contributed by atoms with Crippen molar-refractivity contribution >= 4 is 23.3 Å². The van der Waals surface area contributed by atoms with Gasteiger partial charge < -0.3 is 15.5 Å². The van der Waals surface area contributed by atoms with Gasteiger partial charge in [-0.25, -0.2) is 4.79 Å². The van der Waals surface area contributed by atoms with Gasteiger partial charge in [-0.2, -0.15) is 0 Å². The first-order chi connectivity index (χ1) is 13.0. The minimum Gasteiger partial charge on any atom is -0.326 e. The number of nitrogens with one attached hydrogen (secondary N) is 2. The van der Waals surface area contributed by atoms with Crippen LogP contribution in [0.4, 0.5) is 16.2 Å². The number of anilines is 2. The van der Waals surface area contributed by atoms with Crippen molar-refractivity contribution in [2.75, 3.05) is 36.8 Å². The first-order valence-electron chi connectivity index (χ1n) is 9.22. The van der Waals surface area contributed by atoms with E-state index in [1.54, 1.807) is 18.2 Å². The van der Waals surface area contributed by atoms with E-state index >= 15 is 0 Å². The lowest BCUT2D eigenvalue weighted by Crippen LogP contribution is -2.49. The van der Waals surface area contributed by atoms with Crippen LogP contribution in [0.1, 0.15) is 18.1 Å². The lowest BCUT2D eigenvalue weighted by Gasteiger charge is -2.35. The maximum atomic E-state index is 12.5. The summed E-state index contributed by atoms with van der Waals surface area (Å²) in [5.41, 5.74) is 3.99. The summed E-state index contributed by atoms with van der Waals surface area (Å²) in [5.74, 6) is -0.136. The van der Waals surface area contributed by atoms with Crippen molar-refractivity contribution in [1.82, 2.24) is 9.80 Å². The van der Waals surface area contributed by atoms with E-state index in [9.17, 15) is 9.59 Å². The van der Waals surface area contributed by atoms with Crippen LogP contribution in [0.2, 0.25) is 0 Å². The van der Waals surface area contributed by atoms with Gasteiger partial charge >= 0.3 is 6.03 Å².